The van der Waals surface area contributed by atoms with Crippen molar-refractivity contribution in [1.82, 2.24) is 24.5 Å². The molecule has 0 aliphatic heterocycles. The molecule has 1 fully saturated rings. The van der Waals surface area contributed by atoms with Gasteiger partial charge in [0.05, 0.1) is 16.8 Å². The highest BCUT2D eigenvalue weighted by molar-refractivity contribution is 7.99. The lowest BCUT2D eigenvalue weighted by molar-refractivity contribution is -0.129. The van der Waals surface area contributed by atoms with Crippen molar-refractivity contribution < 1.29 is 4.79 Å². The normalized spacial score (nSPS) is 16.0. The third-order valence-corrected chi connectivity index (χ3v) is 5.77. The Hall–Kier alpha value is -2.02. The molecule has 0 unspecified atom stereocenters. The van der Waals surface area contributed by atoms with Gasteiger partial charge in [-0.2, -0.15) is 0 Å². The van der Waals surface area contributed by atoms with Crippen LogP contribution in [-0.4, -0.2) is 49.2 Å². The number of hydrogen-bond acceptors (Lipinski definition) is 4. The summed E-state index contributed by atoms with van der Waals surface area (Å²) in [5, 5.41) is 8.05. The summed E-state index contributed by atoms with van der Waals surface area (Å²) in [5.74, 6) is 1.29. The van der Waals surface area contributed by atoms with Crippen molar-refractivity contribution in [2.24, 2.45) is 0 Å². The summed E-state index contributed by atoms with van der Waals surface area (Å²) in [6.45, 7) is 0. The van der Waals surface area contributed by atoms with Crippen LogP contribution < -0.4 is 0 Å². The van der Waals surface area contributed by atoms with Gasteiger partial charge in [0, 0.05) is 13.1 Å². The number of thioether (sulfide) groups is 1. The zero-order chi connectivity index (χ0) is 16.5. The maximum absolute atomic E-state index is 12.5. The zero-order valence-electron chi connectivity index (χ0n) is 13.7. The number of amides is 1. The molecule has 0 bridgehead atoms. The lowest BCUT2D eigenvalue weighted by Gasteiger charge is -2.31. The number of aromatic nitrogens is 4. The minimum absolute atomic E-state index is 0.174. The van der Waals surface area contributed by atoms with E-state index in [2.05, 4.69) is 15.2 Å². The van der Waals surface area contributed by atoms with Crippen molar-refractivity contribution >= 4 is 34.5 Å². The van der Waals surface area contributed by atoms with Crippen LogP contribution in [0.2, 0.25) is 0 Å². The fraction of sp³-hybridized carbons (Fsp3) is 0.471. The fourth-order valence-electron chi connectivity index (χ4n) is 3.44. The number of imidazole rings is 1. The second-order valence-electron chi connectivity index (χ2n) is 6.35. The summed E-state index contributed by atoms with van der Waals surface area (Å²) in [4.78, 5) is 19.0. The number of para-hydroxylation sites is 2. The number of carbonyl (C=O) groups is 1. The minimum atomic E-state index is 0.174. The van der Waals surface area contributed by atoms with Gasteiger partial charge in [0.15, 0.2) is 5.16 Å². The topological polar surface area (TPSA) is 66.3 Å². The molecule has 2 aromatic heterocycles. The van der Waals surface area contributed by atoms with Gasteiger partial charge in [-0.15, -0.1) is 5.10 Å². The Kier molecular flexibility index (Phi) is 4.18. The number of nitrogens with one attached hydrogen (secondary N) is 1. The van der Waals surface area contributed by atoms with E-state index >= 15 is 0 Å². The van der Waals surface area contributed by atoms with Crippen LogP contribution in [0.15, 0.2) is 29.4 Å². The minimum Gasteiger partial charge on any atom is -0.342 e. The van der Waals surface area contributed by atoms with E-state index in [1.54, 1.807) is 0 Å². The SMILES string of the molecule is CN(C(=O)CSc1n[nH]c2nc3ccccc3n12)C1CCCCC1. The molecule has 2 heterocycles. The van der Waals surface area contributed by atoms with Gasteiger partial charge < -0.3 is 4.90 Å². The van der Waals surface area contributed by atoms with Gasteiger partial charge in [0.2, 0.25) is 11.7 Å². The van der Waals surface area contributed by atoms with Gasteiger partial charge >= 0.3 is 0 Å². The number of rotatable bonds is 4. The summed E-state index contributed by atoms with van der Waals surface area (Å²) >= 11 is 1.47. The first-order valence-electron chi connectivity index (χ1n) is 8.44. The molecule has 3 aromatic rings. The molecule has 6 nitrogen and oxygen atoms in total. The average molecular weight is 343 g/mol. The quantitative estimate of drug-likeness (QED) is 0.739. The van der Waals surface area contributed by atoms with Crippen molar-refractivity contribution in [2.75, 3.05) is 12.8 Å². The predicted octanol–water partition coefficient (Wildman–Crippen LogP) is 3.09. The second-order valence-corrected chi connectivity index (χ2v) is 7.29. The number of benzene rings is 1. The van der Waals surface area contributed by atoms with Crippen molar-refractivity contribution in [3.8, 4) is 0 Å². The van der Waals surface area contributed by atoms with Crippen LogP contribution in [0.25, 0.3) is 16.8 Å². The van der Waals surface area contributed by atoms with E-state index < -0.39 is 0 Å². The molecule has 0 radical (unpaired) electrons. The molecule has 0 atom stereocenters. The van der Waals surface area contributed by atoms with E-state index in [0.29, 0.717) is 17.6 Å². The maximum Gasteiger partial charge on any atom is 0.233 e. The van der Waals surface area contributed by atoms with Crippen LogP contribution in [0.1, 0.15) is 32.1 Å². The molecule has 1 N–H and O–H groups in total. The fourth-order valence-corrected chi connectivity index (χ4v) is 4.32. The van der Waals surface area contributed by atoms with Gasteiger partial charge in [0.25, 0.3) is 0 Å². The van der Waals surface area contributed by atoms with E-state index in [4.69, 9.17) is 0 Å². The van der Waals surface area contributed by atoms with Gasteiger partial charge in [-0.1, -0.05) is 43.2 Å². The molecule has 4 rings (SSSR count). The molecule has 1 amide bonds. The third kappa shape index (κ3) is 2.77. The van der Waals surface area contributed by atoms with Crippen molar-refractivity contribution in [3.05, 3.63) is 24.3 Å². The predicted molar refractivity (Wildman–Crippen MR) is 95.2 cm³/mol. The molecule has 1 aliphatic rings. The number of carbonyl (C=O) groups excluding carboxylic acids is 1. The van der Waals surface area contributed by atoms with E-state index in [1.165, 1.54) is 31.0 Å². The Bertz CT molecular complexity index is 864. The van der Waals surface area contributed by atoms with Crippen LogP contribution >= 0.6 is 11.8 Å². The monoisotopic (exact) mass is 343 g/mol. The number of fused-ring (bicyclic) bond motifs is 3. The zero-order valence-corrected chi connectivity index (χ0v) is 14.6. The Morgan fingerprint density at radius 1 is 1.33 bits per heavy atom. The summed E-state index contributed by atoms with van der Waals surface area (Å²) in [5.41, 5.74) is 1.94. The highest BCUT2D eigenvalue weighted by Crippen LogP contribution is 2.25. The van der Waals surface area contributed by atoms with Crippen LogP contribution in [0, 0.1) is 0 Å². The first-order chi connectivity index (χ1) is 11.7. The molecular formula is C17H21N5OS. The number of nitrogens with zero attached hydrogens (tertiary/aromatic N) is 4. The van der Waals surface area contributed by atoms with Gasteiger partial charge in [0.1, 0.15) is 0 Å². The van der Waals surface area contributed by atoms with Crippen LogP contribution in [0.4, 0.5) is 0 Å². The number of H-pyrrole nitrogens is 1. The number of aromatic amines is 1. The molecule has 1 aromatic carbocycles. The van der Waals surface area contributed by atoms with E-state index in [9.17, 15) is 4.79 Å². The highest BCUT2D eigenvalue weighted by Gasteiger charge is 2.22. The Labute approximate surface area is 144 Å². The molecule has 0 spiro atoms. The first kappa shape index (κ1) is 15.5. The molecule has 0 saturated heterocycles. The lowest BCUT2D eigenvalue weighted by atomic mass is 9.94. The number of hydrogen-bond donors (Lipinski definition) is 1. The van der Waals surface area contributed by atoms with Crippen molar-refractivity contribution in [1.29, 1.82) is 0 Å². The molecule has 24 heavy (non-hydrogen) atoms. The largest absolute Gasteiger partial charge is 0.342 e. The van der Waals surface area contributed by atoms with Crippen molar-refractivity contribution in [3.63, 3.8) is 0 Å². The molecule has 7 heteroatoms. The molecule has 1 aliphatic carbocycles. The third-order valence-electron chi connectivity index (χ3n) is 4.84. The maximum atomic E-state index is 12.5. The average Bonchev–Trinajstić information content (AvgIpc) is 3.19. The summed E-state index contributed by atoms with van der Waals surface area (Å²) < 4.78 is 1.98. The summed E-state index contributed by atoms with van der Waals surface area (Å²) in [6, 6.07) is 8.36. The summed E-state index contributed by atoms with van der Waals surface area (Å²) in [7, 11) is 1.94. The van der Waals surface area contributed by atoms with Crippen LogP contribution in [-0.2, 0) is 4.79 Å². The van der Waals surface area contributed by atoms with E-state index in [1.807, 2.05) is 40.6 Å². The molecular weight excluding hydrogens is 322 g/mol. The molecule has 126 valence electrons. The van der Waals surface area contributed by atoms with Crippen molar-refractivity contribution in [2.45, 2.75) is 43.3 Å². The highest BCUT2D eigenvalue weighted by atomic mass is 32.2. The second kappa shape index (κ2) is 6.47. The molecule has 1 saturated carbocycles. The van der Waals surface area contributed by atoms with Crippen LogP contribution in [0.5, 0.6) is 0 Å². The van der Waals surface area contributed by atoms with Gasteiger partial charge in [-0.3, -0.25) is 9.20 Å². The Morgan fingerprint density at radius 2 is 2.12 bits per heavy atom. The van der Waals surface area contributed by atoms with E-state index in [0.717, 1.165) is 29.0 Å². The smallest absolute Gasteiger partial charge is 0.233 e. The first-order valence-corrected chi connectivity index (χ1v) is 9.42. The lowest BCUT2D eigenvalue weighted by Crippen LogP contribution is -2.39. The standard InChI is InChI=1S/C17H21N5OS/c1-21(12-7-3-2-4-8-12)15(23)11-24-17-20-19-16-18-13-9-5-6-10-14(13)22(16)17/h5-6,9-10,12H,2-4,7-8,11H2,1H3,(H,18,19). The Balaban J connectivity index is 1.49. The summed E-state index contributed by atoms with van der Waals surface area (Å²) in [6.07, 6.45) is 6.02. The van der Waals surface area contributed by atoms with Gasteiger partial charge in [-0.05, 0) is 25.0 Å². The van der Waals surface area contributed by atoms with E-state index in [-0.39, 0.29) is 5.91 Å². The van der Waals surface area contributed by atoms with Crippen LogP contribution in [0.3, 0.4) is 0 Å². The Morgan fingerprint density at radius 3 is 2.96 bits per heavy atom. The van der Waals surface area contributed by atoms with Gasteiger partial charge in [-0.25, -0.2) is 10.1 Å².